The highest BCUT2D eigenvalue weighted by atomic mass is 35.5. The highest BCUT2D eigenvalue weighted by Crippen LogP contribution is 2.32. The number of carbonyl (C=O) groups excluding carboxylic acids is 2. The number of nitrogens with one attached hydrogen (secondary N) is 1. The van der Waals surface area contributed by atoms with E-state index in [9.17, 15) is 9.59 Å². The molecule has 1 N–H and O–H groups in total. The van der Waals surface area contributed by atoms with Crippen LogP contribution in [-0.2, 0) is 16.0 Å². The molecule has 1 aliphatic heterocycles. The molecule has 2 aromatic heterocycles. The zero-order valence-electron chi connectivity index (χ0n) is 18.6. The van der Waals surface area contributed by atoms with Crippen LogP contribution in [0.1, 0.15) is 36.2 Å². The van der Waals surface area contributed by atoms with E-state index in [1.54, 1.807) is 23.1 Å². The molecule has 0 saturated carbocycles. The van der Waals surface area contributed by atoms with Crippen molar-refractivity contribution in [1.82, 2.24) is 14.6 Å². The highest BCUT2D eigenvalue weighted by molar-refractivity contribution is 6.34. The van der Waals surface area contributed by atoms with Gasteiger partial charge in [0.25, 0.3) is 0 Å². The van der Waals surface area contributed by atoms with E-state index in [4.69, 9.17) is 16.6 Å². The van der Waals surface area contributed by atoms with Crippen LogP contribution < -0.4 is 10.2 Å². The summed E-state index contributed by atoms with van der Waals surface area (Å²) in [6, 6.07) is 13.2. The minimum atomic E-state index is -0.111. The summed E-state index contributed by atoms with van der Waals surface area (Å²) in [5.41, 5.74) is 5.95. The van der Waals surface area contributed by atoms with Gasteiger partial charge in [0.1, 0.15) is 0 Å². The average Bonchev–Trinajstić information content (AvgIpc) is 3.37. The molecule has 7 nitrogen and oxygen atoms in total. The van der Waals surface area contributed by atoms with Crippen LogP contribution in [0.2, 0.25) is 5.02 Å². The topological polar surface area (TPSA) is 79.6 Å². The molecule has 2 amide bonds. The van der Waals surface area contributed by atoms with Gasteiger partial charge in [0.05, 0.1) is 16.2 Å². The number of rotatable bonds is 5. The smallest absolute Gasteiger partial charge is 0.227 e. The predicted molar refractivity (Wildman–Crippen MR) is 130 cm³/mol. The molecule has 0 bridgehead atoms. The Morgan fingerprint density at radius 3 is 2.76 bits per heavy atom. The van der Waals surface area contributed by atoms with Gasteiger partial charge in [-0.15, -0.1) is 0 Å². The molecule has 3 heterocycles. The van der Waals surface area contributed by atoms with Crippen molar-refractivity contribution in [2.24, 2.45) is 0 Å². The molecule has 1 aliphatic rings. The van der Waals surface area contributed by atoms with Crippen LogP contribution in [0.15, 0.2) is 42.5 Å². The van der Waals surface area contributed by atoms with Gasteiger partial charge >= 0.3 is 0 Å². The molecule has 168 valence electrons. The van der Waals surface area contributed by atoms with Gasteiger partial charge in [-0.05, 0) is 62.6 Å². The van der Waals surface area contributed by atoms with Gasteiger partial charge < -0.3 is 10.2 Å². The molecule has 1 saturated heterocycles. The number of benzene rings is 2. The monoisotopic (exact) mass is 461 g/mol. The van der Waals surface area contributed by atoms with E-state index in [1.165, 1.54) is 0 Å². The van der Waals surface area contributed by atoms with E-state index in [-0.39, 0.29) is 11.8 Å². The van der Waals surface area contributed by atoms with Crippen molar-refractivity contribution in [1.29, 1.82) is 0 Å². The predicted octanol–water partition coefficient (Wildman–Crippen LogP) is 4.85. The first-order valence-electron chi connectivity index (χ1n) is 11.1. The number of fused-ring (bicyclic) bond motifs is 3. The zero-order valence-corrected chi connectivity index (χ0v) is 19.3. The second kappa shape index (κ2) is 8.48. The van der Waals surface area contributed by atoms with Crippen molar-refractivity contribution in [3.63, 3.8) is 0 Å². The molecule has 1 fully saturated rings. The van der Waals surface area contributed by atoms with Gasteiger partial charge in [0.2, 0.25) is 11.8 Å². The summed E-state index contributed by atoms with van der Waals surface area (Å²) in [4.78, 5) is 31.1. The van der Waals surface area contributed by atoms with Crippen LogP contribution in [0, 0.1) is 13.8 Å². The van der Waals surface area contributed by atoms with Crippen molar-refractivity contribution in [2.75, 3.05) is 16.8 Å². The lowest BCUT2D eigenvalue weighted by molar-refractivity contribution is -0.117. The van der Waals surface area contributed by atoms with Gasteiger partial charge in [0.15, 0.2) is 5.65 Å². The number of carbonyl (C=O) groups is 2. The van der Waals surface area contributed by atoms with E-state index in [2.05, 4.69) is 10.4 Å². The third-order valence-electron chi connectivity index (χ3n) is 6.22. The summed E-state index contributed by atoms with van der Waals surface area (Å²) in [6.45, 7) is 4.66. The minimum Gasteiger partial charge on any atom is -0.326 e. The summed E-state index contributed by atoms with van der Waals surface area (Å²) in [5.74, 6) is -0.0318. The molecule has 0 spiro atoms. The van der Waals surface area contributed by atoms with Gasteiger partial charge in [-0.3, -0.25) is 9.59 Å². The number of hydrogen-bond acceptors (Lipinski definition) is 4. The summed E-state index contributed by atoms with van der Waals surface area (Å²) in [6.07, 6.45) is 2.24. The quantitative estimate of drug-likeness (QED) is 0.460. The van der Waals surface area contributed by atoms with Crippen molar-refractivity contribution in [3.8, 4) is 0 Å². The maximum Gasteiger partial charge on any atom is 0.227 e. The normalized spacial score (nSPS) is 13.9. The Hall–Kier alpha value is -3.45. The second-order valence-corrected chi connectivity index (χ2v) is 8.78. The van der Waals surface area contributed by atoms with Gasteiger partial charge in [0, 0.05) is 41.8 Å². The zero-order chi connectivity index (χ0) is 23.1. The number of aryl methyl sites for hydroxylation is 2. The van der Waals surface area contributed by atoms with Crippen LogP contribution in [-0.4, -0.2) is 33.0 Å². The maximum absolute atomic E-state index is 12.7. The van der Waals surface area contributed by atoms with Crippen LogP contribution >= 0.6 is 11.6 Å². The SMILES string of the molecule is Cc1nc2c3ccccc3nn2c(C)c1CCC(=O)Nc1ccc(N2CCCC2=O)c(Cl)c1. The highest BCUT2D eigenvalue weighted by Gasteiger charge is 2.23. The fourth-order valence-electron chi connectivity index (χ4n) is 4.51. The number of anilines is 2. The van der Waals surface area contributed by atoms with E-state index in [0.717, 1.165) is 39.9 Å². The van der Waals surface area contributed by atoms with E-state index in [0.29, 0.717) is 42.2 Å². The fourth-order valence-corrected chi connectivity index (χ4v) is 4.79. The lowest BCUT2D eigenvalue weighted by atomic mass is 10.1. The van der Waals surface area contributed by atoms with Crippen LogP contribution in [0.3, 0.4) is 0 Å². The Kier molecular flexibility index (Phi) is 5.50. The van der Waals surface area contributed by atoms with Crippen molar-refractivity contribution < 1.29 is 9.59 Å². The molecule has 33 heavy (non-hydrogen) atoms. The summed E-state index contributed by atoms with van der Waals surface area (Å²) < 4.78 is 1.86. The fraction of sp³-hybridized carbons (Fsp3) is 0.280. The number of amides is 2. The molecular weight excluding hydrogens is 438 g/mol. The van der Waals surface area contributed by atoms with Crippen LogP contribution in [0.4, 0.5) is 11.4 Å². The Bertz CT molecular complexity index is 1410. The van der Waals surface area contributed by atoms with Gasteiger partial charge in [-0.25, -0.2) is 9.50 Å². The molecule has 0 aliphatic carbocycles. The van der Waals surface area contributed by atoms with Crippen molar-refractivity contribution >= 4 is 51.3 Å². The summed E-state index contributed by atoms with van der Waals surface area (Å²) in [7, 11) is 0. The summed E-state index contributed by atoms with van der Waals surface area (Å²) >= 11 is 6.40. The molecule has 5 rings (SSSR count). The molecule has 0 unspecified atom stereocenters. The molecule has 0 atom stereocenters. The third kappa shape index (κ3) is 3.93. The Morgan fingerprint density at radius 2 is 2.00 bits per heavy atom. The van der Waals surface area contributed by atoms with Crippen molar-refractivity contribution in [3.05, 3.63) is 64.4 Å². The van der Waals surface area contributed by atoms with E-state index < -0.39 is 0 Å². The minimum absolute atomic E-state index is 0.0788. The number of nitrogens with zero attached hydrogens (tertiary/aromatic N) is 4. The largest absolute Gasteiger partial charge is 0.326 e. The average molecular weight is 462 g/mol. The first-order chi connectivity index (χ1) is 15.9. The Morgan fingerprint density at radius 1 is 1.18 bits per heavy atom. The standard InChI is InChI=1S/C25H24ClN5O2/c1-15-18(16(2)31-25(27-15)19-6-3-4-7-21(19)29-31)10-12-23(32)28-17-9-11-22(20(26)14-17)30-13-5-8-24(30)33/h3-4,6-7,9,11,14H,5,8,10,12-13H2,1-2H3,(H,28,32). The van der Waals surface area contributed by atoms with Crippen molar-refractivity contribution in [2.45, 2.75) is 39.5 Å². The van der Waals surface area contributed by atoms with E-state index >= 15 is 0 Å². The Labute approximate surface area is 196 Å². The molecule has 2 aromatic carbocycles. The second-order valence-electron chi connectivity index (χ2n) is 8.38. The lowest BCUT2D eigenvalue weighted by Gasteiger charge is -2.18. The molecule has 0 radical (unpaired) electrons. The maximum atomic E-state index is 12.7. The Balaban J connectivity index is 1.30. The third-order valence-corrected chi connectivity index (χ3v) is 6.52. The van der Waals surface area contributed by atoms with Crippen LogP contribution in [0.25, 0.3) is 16.6 Å². The lowest BCUT2D eigenvalue weighted by Crippen LogP contribution is -2.24. The van der Waals surface area contributed by atoms with Crippen LogP contribution in [0.5, 0.6) is 0 Å². The van der Waals surface area contributed by atoms with Gasteiger partial charge in [-0.2, -0.15) is 5.10 Å². The molecule has 8 heteroatoms. The van der Waals surface area contributed by atoms with E-state index in [1.807, 2.05) is 42.6 Å². The molecule has 4 aromatic rings. The molecular formula is C25H24ClN5O2. The first-order valence-corrected chi connectivity index (χ1v) is 11.4. The van der Waals surface area contributed by atoms with Gasteiger partial charge in [-0.1, -0.05) is 23.7 Å². The first kappa shape index (κ1) is 21.4. The number of hydrogen-bond donors (Lipinski definition) is 1. The number of aromatic nitrogens is 3. The number of halogens is 1. The summed E-state index contributed by atoms with van der Waals surface area (Å²) in [5, 5.41) is 9.06.